The maximum absolute atomic E-state index is 13.3. The topological polar surface area (TPSA) is 80.7 Å². The first-order valence-electron chi connectivity index (χ1n) is 13.8. The van der Waals surface area contributed by atoms with Crippen LogP contribution in [-0.2, 0) is 9.84 Å². The Balaban J connectivity index is 1.35. The summed E-state index contributed by atoms with van der Waals surface area (Å²) >= 11 is 0. The van der Waals surface area contributed by atoms with E-state index in [1.807, 2.05) is 60.7 Å². The second kappa shape index (κ2) is 9.41. The zero-order chi connectivity index (χ0) is 29.1. The molecule has 0 aliphatic carbocycles. The van der Waals surface area contributed by atoms with Crippen LogP contribution in [0.1, 0.15) is 5.56 Å². The molecule has 3 aromatic heterocycles. The van der Waals surface area contributed by atoms with Crippen molar-refractivity contribution in [1.29, 1.82) is 5.26 Å². The van der Waals surface area contributed by atoms with E-state index >= 15 is 0 Å². The van der Waals surface area contributed by atoms with Crippen molar-refractivity contribution >= 4 is 53.7 Å². The van der Waals surface area contributed by atoms with Crippen molar-refractivity contribution in [3.63, 3.8) is 0 Å². The molecule has 0 radical (unpaired) electrons. The molecule has 0 aliphatic rings. The van der Waals surface area contributed by atoms with Crippen molar-refractivity contribution in [2.24, 2.45) is 0 Å². The molecule has 0 saturated heterocycles. The summed E-state index contributed by atoms with van der Waals surface area (Å²) in [5.41, 5.74) is 7.07. The molecule has 0 bridgehead atoms. The summed E-state index contributed by atoms with van der Waals surface area (Å²) < 4.78 is 31.0. The van der Waals surface area contributed by atoms with E-state index in [-0.39, 0.29) is 9.79 Å². The van der Waals surface area contributed by atoms with E-state index in [0.29, 0.717) is 5.56 Å². The van der Waals surface area contributed by atoms with Gasteiger partial charge in [0.2, 0.25) is 9.84 Å². The van der Waals surface area contributed by atoms with Crippen LogP contribution in [-0.4, -0.2) is 22.5 Å². The first kappa shape index (κ1) is 25.0. The predicted octanol–water partition coefficient (Wildman–Crippen LogP) is 7.98. The van der Waals surface area contributed by atoms with Crippen LogP contribution < -0.4 is 0 Å². The molecule has 0 saturated carbocycles. The second-order valence-electron chi connectivity index (χ2n) is 10.4. The van der Waals surface area contributed by atoms with E-state index in [1.165, 1.54) is 24.3 Å². The highest BCUT2D eigenvalue weighted by atomic mass is 32.2. The van der Waals surface area contributed by atoms with E-state index in [9.17, 15) is 8.42 Å². The van der Waals surface area contributed by atoms with Crippen molar-refractivity contribution < 1.29 is 8.42 Å². The lowest BCUT2D eigenvalue weighted by molar-refractivity contribution is 0.596. The molecule has 5 aromatic carbocycles. The summed E-state index contributed by atoms with van der Waals surface area (Å²) in [5.74, 6) is 0. The molecule has 7 heteroatoms. The van der Waals surface area contributed by atoms with Crippen LogP contribution in [0.4, 0.5) is 0 Å². The number of fused-ring (bicyclic) bond motifs is 6. The van der Waals surface area contributed by atoms with Crippen molar-refractivity contribution in [3.05, 3.63) is 139 Å². The van der Waals surface area contributed by atoms with E-state index < -0.39 is 9.84 Å². The van der Waals surface area contributed by atoms with Crippen LogP contribution in [0, 0.1) is 11.3 Å². The lowest BCUT2D eigenvalue weighted by Crippen LogP contribution is -2.03. The monoisotopic (exact) mass is 574 g/mol. The van der Waals surface area contributed by atoms with E-state index in [1.54, 1.807) is 12.1 Å². The molecule has 0 spiro atoms. The lowest BCUT2D eigenvalue weighted by atomic mass is 10.2. The minimum absolute atomic E-state index is 0.148. The summed E-state index contributed by atoms with van der Waals surface area (Å²) in [6.07, 6.45) is 0. The number of para-hydroxylation sites is 3. The third-order valence-electron chi connectivity index (χ3n) is 7.98. The molecule has 3 heterocycles. The Bertz CT molecular complexity index is 2500. The highest BCUT2D eigenvalue weighted by Crippen LogP contribution is 2.37. The van der Waals surface area contributed by atoms with Gasteiger partial charge in [0.1, 0.15) is 5.65 Å². The number of sulfone groups is 1. The molecule has 0 aliphatic heterocycles. The van der Waals surface area contributed by atoms with Crippen LogP contribution >= 0.6 is 0 Å². The molecule has 43 heavy (non-hydrogen) atoms. The summed E-state index contributed by atoms with van der Waals surface area (Å²) in [6.45, 7) is 0. The van der Waals surface area contributed by atoms with Crippen LogP contribution in [0.5, 0.6) is 0 Å². The van der Waals surface area contributed by atoms with Gasteiger partial charge in [-0.15, -0.1) is 0 Å². The minimum Gasteiger partial charge on any atom is -0.308 e. The fourth-order valence-electron chi connectivity index (χ4n) is 5.98. The zero-order valence-electron chi connectivity index (χ0n) is 22.7. The zero-order valence-corrected chi connectivity index (χ0v) is 23.5. The van der Waals surface area contributed by atoms with Gasteiger partial charge in [0.05, 0.1) is 43.5 Å². The number of hydrogen-bond acceptors (Lipinski definition) is 4. The van der Waals surface area contributed by atoms with Crippen LogP contribution in [0.15, 0.2) is 143 Å². The van der Waals surface area contributed by atoms with Crippen molar-refractivity contribution in [3.8, 4) is 17.4 Å². The van der Waals surface area contributed by atoms with Gasteiger partial charge in [0.15, 0.2) is 0 Å². The Hall–Kier alpha value is -5.71. The summed E-state index contributed by atoms with van der Waals surface area (Å²) in [5, 5.41) is 12.2. The summed E-state index contributed by atoms with van der Waals surface area (Å²) in [6, 6.07) is 43.9. The normalized spacial score (nSPS) is 11.9. The molecular weight excluding hydrogens is 552 g/mol. The van der Waals surface area contributed by atoms with Gasteiger partial charge in [-0.05, 0) is 78.9 Å². The Morgan fingerprint density at radius 3 is 1.79 bits per heavy atom. The van der Waals surface area contributed by atoms with Gasteiger partial charge in [-0.2, -0.15) is 5.26 Å². The average molecular weight is 575 g/mol. The molecule has 8 rings (SSSR count). The van der Waals surface area contributed by atoms with E-state index in [0.717, 1.165) is 55.2 Å². The number of nitrogens with zero attached hydrogens (tertiary/aromatic N) is 4. The maximum Gasteiger partial charge on any atom is 0.206 e. The van der Waals surface area contributed by atoms with Gasteiger partial charge >= 0.3 is 0 Å². The highest BCUT2D eigenvalue weighted by Gasteiger charge is 2.21. The predicted molar refractivity (Wildman–Crippen MR) is 170 cm³/mol. The Labute approximate surface area is 247 Å². The van der Waals surface area contributed by atoms with Crippen molar-refractivity contribution in [2.75, 3.05) is 0 Å². The van der Waals surface area contributed by atoms with Gasteiger partial charge in [-0.3, -0.25) is 4.57 Å². The largest absolute Gasteiger partial charge is 0.308 e. The summed E-state index contributed by atoms with van der Waals surface area (Å²) in [7, 11) is -3.75. The molecule has 0 fully saturated rings. The van der Waals surface area contributed by atoms with Crippen molar-refractivity contribution in [2.45, 2.75) is 9.79 Å². The Morgan fingerprint density at radius 1 is 0.558 bits per heavy atom. The van der Waals surface area contributed by atoms with E-state index in [2.05, 4.69) is 51.6 Å². The fourth-order valence-corrected chi connectivity index (χ4v) is 7.24. The maximum atomic E-state index is 13.3. The van der Waals surface area contributed by atoms with Gasteiger partial charge < -0.3 is 4.57 Å². The third kappa shape index (κ3) is 3.78. The van der Waals surface area contributed by atoms with Gasteiger partial charge in [-0.25, -0.2) is 13.4 Å². The smallest absolute Gasteiger partial charge is 0.206 e. The molecular formula is C36H22N4O2S. The number of pyridine rings is 1. The van der Waals surface area contributed by atoms with Gasteiger partial charge in [0, 0.05) is 27.5 Å². The molecule has 0 amide bonds. The Morgan fingerprint density at radius 2 is 1.12 bits per heavy atom. The molecule has 204 valence electrons. The van der Waals surface area contributed by atoms with Crippen LogP contribution in [0.2, 0.25) is 0 Å². The highest BCUT2D eigenvalue weighted by molar-refractivity contribution is 7.91. The van der Waals surface area contributed by atoms with Crippen LogP contribution in [0.25, 0.3) is 55.2 Å². The van der Waals surface area contributed by atoms with Crippen LogP contribution in [0.3, 0.4) is 0 Å². The first-order chi connectivity index (χ1) is 21.0. The first-order valence-corrected chi connectivity index (χ1v) is 15.3. The summed E-state index contributed by atoms with van der Waals surface area (Å²) in [4.78, 5) is 5.63. The molecule has 0 unspecified atom stereocenters. The quantitative estimate of drug-likeness (QED) is 0.213. The van der Waals surface area contributed by atoms with Crippen molar-refractivity contribution in [1.82, 2.24) is 14.1 Å². The molecule has 0 N–H and O–H groups in total. The van der Waals surface area contributed by atoms with E-state index in [4.69, 9.17) is 10.2 Å². The number of benzene rings is 5. The number of nitriles is 1. The minimum atomic E-state index is -3.75. The fraction of sp³-hybridized carbons (Fsp3) is 0. The van der Waals surface area contributed by atoms with Gasteiger partial charge in [0.25, 0.3) is 0 Å². The molecule has 8 aromatic rings. The van der Waals surface area contributed by atoms with Gasteiger partial charge in [-0.1, -0.05) is 54.6 Å². The lowest BCUT2D eigenvalue weighted by Gasteiger charge is -2.10. The standard InChI is InChI=1S/C36H22N4O2S/c37-23-24-14-18-27(19-15-24)43(41,42)28-20-16-26(17-21-28)40-32-12-6-4-10-29(32)31-22-34-35(38-36(31)40)30-11-5-7-13-33(30)39(34)25-8-2-1-3-9-25/h1-22H. The number of rotatable bonds is 4. The SMILES string of the molecule is N#Cc1ccc(S(=O)(=O)c2ccc(-n3c4ccccc4c4cc5c(nc43)c3ccccc3n5-c3ccccc3)cc2)cc1. The third-order valence-corrected chi connectivity index (χ3v) is 9.77. The molecule has 6 nitrogen and oxygen atoms in total. The number of hydrogen-bond donors (Lipinski definition) is 0. The second-order valence-corrected chi connectivity index (χ2v) is 12.4. The molecule has 0 atom stereocenters. The Kier molecular flexibility index (Phi) is 5.48. The average Bonchev–Trinajstić information content (AvgIpc) is 3.56. The number of aromatic nitrogens is 3.